The second kappa shape index (κ2) is 16.6. The lowest BCUT2D eigenvalue weighted by Crippen LogP contribution is -2.00. The third-order valence-electron chi connectivity index (χ3n) is 3.73. The molecule has 0 spiro atoms. The highest BCUT2D eigenvalue weighted by molar-refractivity contribution is 7.53. The Bertz CT molecular complexity index is 357. The third-order valence-corrected chi connectivity index (χ3v) is 5.76. The fourth-order valence-electron chi connectivity index (χ4n) is 2.33. The Hall–Kier alpha value is -0.290. The number of hydrogen-bond acceptors (Lipinski definition) is 3. The predicted octanol–water partition coefficient (Wildman–Crippen LogP) is 6.57. The van der Waals surface area contributed by atoms with Crippen LogP contribution in [0.4, 0.5) is 0 Å². The second-order valence-corrected chi connectivity index (χ2v) is 8.14. The van der Waals surface area contributed by atoms with E-state index in [0.717, 1.165) is 25.7 Å². The molecule has 0 aliphatic carbocycles. The Morgan fingerprint density at radius 2 is 1.35 bits per heavy atom. The molecule has 0 heterocycles. The topological polar surface area (TPSA) is 35.5 Å². The zero-order valence-corrected chi connectivity index (χ0v) is 16.5. The van der Waals surface area contributed by atoms with Crippen molar-refractivity contribution < 1.29 is 13.6 Å². The first-order valence-electron chi connectivity index (χ1n) is 9.52. The average molecular weight is 344 g/mol. The molecule has 0 aromatic rings. The van der Waals surface area contributed by atoms with Crippen molar-refractivity contribution in [2.75, 3.05) is 19.4 Å². The highest BCUT2D eigenvalue weighted by atomic mass is 31.2. The van der Waals surface area contributed by atoms with E-state index in [4.69, 9.17) is 9.05 Å². The monoisotopic (exact) mass is 344 g/mol. The van der Waals surface area contributed by atoms with Gasteiger partial charge in [0.1, 0.15) is 6.61 Å². The van der Waals surface area contributed by atoms with Gasteiger partial charge in [-0.05, 0) is 19.8 Å². The average Bonchev–Trinajstić information content (AvgIpc) is 2.54. The highest BCUT2D eigenvalue weighted by Crippen LogP contribution is 2.48. The van der Waals surface area contributed by atoms with Crippen molar-refractivity contribution in [1.82, 2.24) is 0 Å². The number of hydrogen-bond donors (Lipinski definition) is 0. The molecule has 0 aliphatic heterocycles. The molecule has 0 radical (unpaired) electrons. The molecule has 0 saturated carbocycles. The van der Waals surface area contributed by atoms with Gasteiger partial charge in [0.2, 0.25) is 0 Å². The zero-order chi connectivity index (χ0) is 17.2. The molecule has 136 valence electrons. The van der Waals surface area contributed by atoms with Crippen LogP contribution < -0.4 is 0 Å². The molecule has 0 N–H and O–H groups in total. The van der Waals surface area contributed by atoms with Crippen molar-refractivity contribution in [3.8, 4) is 11.8 Å². The van der Waals surface area contributed by atoms with E-state index in [-0.39, 0.29) is 6.61 Å². The van der Waals surface area contributed by atoms with E-state index in [1.54, 1.807) is 0 Å². The van der Waals surface area contributed by atoms with E-state index in [9.17, 15) is 4.57 Å². The highest BCUT2D eigenvalue weighted by Gasteiger charge is 2.22. The lowest BCUT2D eigenvalue weighted by molar-refractivity contribution is 0.230. The first-order valence-corrected chi connectivity index (χ1v) is 11.2. The molecule has 4 heteroatoms. The largest absolute Gasteiger partial charge is 0.331 e. The van der Waals surface area contributed by atoms with Gasteiger partial charge in [0.25, 0.3) is 0 Å². The molecule has 0 aliphatic rings. The van der Waals surface area contributed by atoms with Crippen molar-refractivity contribution in [3.63, 3.8) is 0 Å². The molecule has 0 fully saturated rings. The van der Waals surface area contributed by atoms with Crippen LogP contribution in [-0.2, 0) is 13.6 Å². The van der Waals surface area contributed by atoms with Crippen LogP contribution in [0.25, 0.3) is 0 Å². The summed E-state index contributed by atoms with van der Waals surface area (Å²) < 4.78 is 23.1. The first-order chi connectivity index (χ1) is 11.2. The van der Waals surface area contributed by atoms with Gasteiger partial charge in [0.05, 0.1) is 12.8 Å². The Kier molecular flexibility index (Phi) is 16.4. The summed E-state index contributed by atoms with van der Waals surface area (Å²) in [6.45, 7) is 6.81. The standard InChI is InChI=1S/C19H37O3P/c1-4-7-9-10-11-12-13-14-15-16-17-18-22-23(20,21-6-3)19-8-5-2/h4-15,18-19H2,1-3H3. The zero-order valence-electron chi connectivity index (χ0n) is 15.6. The molecule has 0 rings (SSSR count). The van der Waals surface area contributed by atoms with Crippen molar-refractivity contribution in [1.29, 1.82) is 0 Å². The Balaban J connectivity index is 3.64. The third kappa shape index (κ3) is 15.0. The normalized spacial score (nSPS) is 13.3. The Morgan fingerprint density at radius 1 is 0.739 bits per heavy atom. The van der Waals surface area contributed by atoms with E-state index >= 15 is 0 Å². The summed E-state index contributed by atoms with van der Waals surface area (Å²) in [4.78, 5) is 0. The predicted molar refractivity (Wildman–Crippen MR) is 100.0 cm³/mol. The van der Waals surface area contributed by atoms with Gasteiger partial charge in [0.15, 0.2) is 0 Å². The van der Waals surface area contributed by atoms with Crippen LogP contribution in [0, 0.1) is 11.8 Å². The molecule has 0 saturated heterocycles. The quantitative estimate of drug-likeness (QED) is 0.191. The van der Waals surface area contributed by atoms with Crippen LogP contribution >= 0.6 is 7.60 Å². The molecular weight excluding hydrogens is 307 g/mol. The maximum Gasteiger partial charge on any atom is 0.331 e. The van der Waals surface area contributed by atoms with E-state index < -0.39 is 7.60 Å². The van der Waals surface area contributed by atoms with E-state index in [0.29, 0.717) is 12.8 Å². The lowest BCUT2D eigenvalue weighted by atomic mass is 10.1. The van der Waals surface area contributed by atoms with Crippen LogP contribution in [0.3, 0.4) is 0 Å². The molecular formula is C19H37O3P. The van der Waals surface area contributed by atoms with E-state index in [1.807, 2.05) is 6.92 Å². The van der Waals surface area contributed by atoms with Gasteiger partial charge in [-0.25, -0.2) is 0 Å². The fourth-order valence-corrected chi connectivity index (χ4v) is 4.02. The SMILES string of the molecule is CCCCCCCCCCC#CCOP(=O)(CCCC)OCC. The molecule has 1 atom stereocenters. The van der Waals surface area contributed by atoms with Gasteiger partial charge in [0, 0.05) is 6.42 Å². The summed E-state index contributed by atoms with van der Waals surface area (Å²) in [5.41, 5.74) is 0. The van der Waals surface area contributed by atoms with Crippen LogP contribution in [0.15, 0.2) is 0 Å². The maximum absolute atomic E-state index is 12.3. The first kappa shape index (κ1) is 22.7. The van der Waals surface area contributed by atoms with Gasteiger partial charge in [-0.15, -0.1) is 5.92 Å². The Morgan fingerprint density at radius 3 is 1.96 bits per heavy atom. The minimum absolute atomic E-state index is 0.220. The van der Waals surface area contributed by atoms with Crippen molar-refractivity contribution in [2.45, 2.75) is 91.4 Å². The van der Waals surface area contributed by atoms with Crippen LogP contribution in [-0.4, -0.2) is 19.4 Å². The van der Waals surface area contributed by atoms with Gasteiger partial charge >= 0.3 is 7.60 Å². The van der Waals surface area contributed by atoms with Gasteiger partial charge in [-0.1, -0.05) is 71.1 Å². The molecule has 1 unspecified atom stereocenters. The molecule has 0 aromatic heterocycles. The minimum Gasteiger partial charge on any atom is -0.309 e. The fraction of sp³-hybridized carbons (Fsp3) is 0.895. The minimum atomic E-state index is -2.92. The smallest absolute Gasteiger partial charge is 0.309 e. The van der Waals surface area contributed by atoms with Crippen LogP contribution in [0.2, 0.25) is 0 Å². The molecule has 23 heavy (non-hydrogen) atoms. The number of rotatable bonds is 15. The maximum atomic E-state index is 12.3. The molecule has 3 nitrogen and oxygen atoms in total. The van der Waals surface area contributed by atoms with Crippen LogP contribution in [0.5, 0.6) is 0 Å². The van der Waals surface area contributed by atoms with Gasteiger partial charge < -0.3 is 4.52 Å². The summed E-state index contributed by atoms with van der Waals surface area (Å²) in [5.74, 6) is 6.09. The van der Waals surface area contributed by atoms with E-state index in [1.165, 1.54) is 44.9 Å². The van der Waals surface area contributed by atoms with Crippen LogP contribution in [0.1, 0.15) is 91.4 Å². The van der Waals surface area contributed by atoms with Gasteiger partial charge in [-0.3, -0.25) is 9.09 Å². The lowest BCUT2D eigenvalue weighted by Gasteiger charge is -2.15. The summed E-state index contributed by atoms with van der Waals surface area (Å²) >= 11 is 0. The van der Waals surface area contributed by atoms with Gasteiger partial charge in [-0.2, -0.15) is 0 Å². The Labute approximate surface area is 144 Å². The summed E-state index contributed by atoms with van der Waals surface area (Å²) in [6.07, 6.45) is 13.8. The van der Waals surface area contributed by atoms with Crippen molar-refractivity contribution in [2.24, 2.45) is 0 Å². The summed E-state index contributed by atoms with van der Waals surface area (Å²) in [7, 11) is -2.92. The molecule has 0 aromatic carbocycles. The number of unbranched alkanes of at least 4 members (excludes halogenated alkanes) is 9. The molecule has 0 bridgehead atoms. The summed E-state index contributed by atoms with van der Waals surface area (Å²) in [6, 6.07) is 0. The van der Waals surface area contributed by atoms with Crippen molar-refractivity contribution in [3.05, 3.63) is 0 Å². The van der Waals surface area contributed by atoms with E-state index in [2.05, 4.69) is 25.7 Å². The summed E-state index contributed by atoms with van der Waals surface area (Å²) in [5, 5.41) is 0. The van der Waals surface area contributed by atoms with Crippen molar-refractivity contribution >= 4 is 7.60 Å². The second-order valence-electron chi connectivity index (χ2n) is 5.96. The molecule has 0 amide bonds.